The number of rotatable bonds is 2. The van der Waals surface area contributed by atoms with Gasteiger partial charge in [-0.1, -0.05) is 29.6 Å². The number of halogens is 2. The van der Waals surface area contributed by atoms with E-state index in [0.717, 1.165) is 12.8 Å². The van der Waals surface area contributed by atoms with Crippen LogP contribution in [0.15, 0.2) is 12.1 Å². The van der Waals surface area contributed by atoms with E-state index in [9.17, 15) is 0 Å². The molecular formula is C13H16Cl2N2O. The minimum atomic E-state index is 0.242. The lowest BCUT2D eigenvalue weighted by Gasteiger charge is -2.40. The smallest absolute Gasteiger partial charge is 0.215 e. The third kappa shape index (κ3) is 2.73. The van der Waals surface area contributed by atoms with Crippen molar-refractivity contribution < 1.29 is 4.74 Å². The number of pyridine rings is 1. The maximum absolute atomic E-state index is 5.93. The largest absolute Gasteiger partial charge is 0.474 e. The van der Waals surface area contributed by atoms with E-state index in [1.165, 1.54) is 19.3 Å². The Labute approximate surface area is 117 Å². The summed E-state index contributed by atoms with van der Waals surface area (Å²) < 4.78 is 5.93. The molecule has 0 amide bonds. The van der Waals surface area contributed by atoms with Crippen molar-refractivity contribution in [2.45, 2.75) is 50.3 Å². The van der Waals surface area contributed by atoms with Crippen LogP contribution in [0, 0.1) is 0 Å². The summed E-state index contributed by atoms with van der Waals surface area (Å²) in [4.78, 5) is 4.15. The van der Waals surface area contributed by atoms with Crippen LogP contribution in [0.2, 0.25) is 10.2 Å². The minimum Gasteiger partial charge on any atom is -0.474 e. The first-order chi connectivity index (χ1) is 8.70. The summed E-state index contributed by atoms with van der Waals surface area (Å²) in [6, 6.07) is 4.72. The molecule has 0 radical (unpaired) electrons. The molecule has 2 bridgehead atoms. The molecule has 1 aromatic heterocycles. The Balaban J connectivity index is 1.67. The molecule has 3 heterocycles. The number of ether oxygens (including phenoxy) is 1. The first-order valence-corrected chi connectivity index (χ1v) is 7.21. The summed E-state index contributed by atoms with van der Waals surface area (Å²) in [6.07, 6.45) is 6.19. The van der Waals surface area contributed by atoms with Crippen molar-refractivity contribution in [2.75, 3.05) is 0 Å². The molecule has 0 saturated carbocycles. The molecule has 18 heavy (non-hydrogen) atoms. The maximum Gasteiger partial charge on any atom is 0.215 e. The van der Waals surface area contributed by atoms with Gasteiger partial charge in [0.2, 0.25) is 5.88 Å². The Morgan fingerprint density at radius 3 is 2.56 bits per heavy atom. The van der Waals surface area contributed by atoms with Crippen LogP contribution in [0.5, 0.6) is 5.88 Å². The zero-order valence-electron chi connectivity index (χ0n) is 10.0. The molecule has 0 aliphatic carbocycles. The molecule has 3 atom stereocenters. The molecule has 98 valence electrons. The SMILES string of the molecule is Clc1ccc(O[C@@H]2C[C@H]3CCC[C@@H](C2)N3)nc1Cl. The predicted octanol–water partition coefficient (Wildman–Crippen LogP) is 3.44. The normalized spacial score (nSPS) is 31.1. The molecule has 2 saturated heterocycles. The van der Waals surface area contributed by atoms with Crippen LogP contribution in [0.25, 0.3) is 0 Å². The van der Waals surface area contributed by atoms with E-state index in [2.05, 4.69) is 10.3 Å². The molecule has 2 aliphatic heterocycles. The molecule has 2 fully saturated rings. The molecule has 0 spiro atoms. The number of nitrogens with zero attached hydrogens (tertiary/aromatic N) is 1. The van der Waals surface area contributed by atoms with Crippen LogP contribution in [-0.4, -0.2) is 23.2 Å². The average Bonchev–Trinajstić information content (AvgIpc) is 2.33. The fraction of sp³-hybridized carbons (Fsp3) is 0.615. The number of fused-ring (bicyclic) bond motifs is 2. The van der Waals surface area contributed by atoms with Gasteiger partial charge in [0.05, 0.1) is 5.02 Å². The molecule has 3 rings (SSSR count). The average molecular weight is 287 g/mol. The highest BCUT2D eigenvalue weighted by Crippen LogP contribution is 2.29. The van der Waals surface area contributed by atoms with Gasteiger partial charge in [0.15, 0.2) is 5.15 Å². The Morgan fingerprint density at radius 1 is 1.17 bits per heavy atom. The van der Waals surface area contributed by atoms with Gasteiger partial charge in [0.25, 0.3) is 0 Å². The molecule has 0 unspecified atom stereocenters. The van der Waals surface area contributed by atoms with Gasteiger partial charge in [-0.2, -0.15) is 4.98 Å². The van der Waals surface area contributed by atoms with E-state index in [4.69, 9.17) is 27.9 Å². The number of hydrogen-bond donors (Lipinski definition) is 1. The Bertz CT molecular complexity index is 429. The van der Waals surface area contributed by atoms with Crippen LogP contribution in [0.3, 0.4) is 0 Å². The zero-order valence-corrected chi connectivity index (χ0v) is 11.5. The Kier molecular flexibility index (Phi) is 3.64. The highest BCUT2D eigenvalue weighted by atomic mass is 35.5. The second-order valence-corrected chi connectivity index (χ2v) is 5.89. The summed E-state index contributed by atoms with van der Waals surface area (Å²) in [7, 11) is 0. The van der Waals surface area contributed by atoms with E-state index in [0.29, 0.717) is 28.1 Å². The van der Waals surface area contributed by atoms with Crippen LogP contribution in [0.4, 0.5) is 0 Å². The molecule has 5 heteroatoms. The van der Waals surface area contributed by atoms with Gasteiger partial charge in [-0.25, -0.2) is 0 Å². The van der Waals surface area contributed by atoms with Gasteiger partial charge in [-0.3, -0.25) is 0 Å². The molecule has 1 aromatic rings. The van der Waals surface area contributed by atoms with Crippen molar-refractivity contribution in [1.29, 1.82) is 0 Å². The van der Waals surface area contributed by atoms with Crippen molar-refractivity contribution in [2.24, 2.45) is 0 Å². The fourth-order valence-electron chi connectivity index (χ4n) is 2.95. The second-order valence-electron chi connectivity index (χ2n) is 5.12. The maximum atomic E-state index is 5.93. The summed E-state index contributed by atoms with van der Waals surface area (Å²) in [5.41, 5.74) is 0. The fourth-order valence-corrected chi connectivity index (χ4v) is 3.20. The molecule has 3 nitrogen and oxygen atoms in total. The van der Waals surface area contributed by atoms with Gasteiger partial charge in [-0.05, 0) is 31.7 Å². The topological polar surface area (TPSA) is 34.1 Å². The monoisotopic (exact) mass is 286 g/mol. The quantitative estimate of drug-likeness (QED) is 0.846. The Morgan fingerprint density at radius 2 is 1.89 bits per heavy atom. The molecular weight excluding hydrogens is 271 g/mol. The third-order valence-electron chi connectivity index (χ3n) is 3.74. The highest BCUT2D eigenvalue weighted by molar-refractivity contribution is 6.41. The summed E-state index contributed by atoms with van der Waals surface area (Å²) >= 11 is 11.7. The van der Waals surface area contributed by atoms with E-state index in [-0.39, 0.29) is 6.10 Å². The predicted molar refractivity (Wildman–Crippen MR) is 72.5 cm³/mol. The lowest BCUT2D eigenvalue weighted by atomic mass is 9.85. The summed E-state index contributed by atoms with van der Waals surface area (Å²) in [5.74, 6) is 0.578. The van der Waals surface area contributed by atoms with Crippen molar-refractivity contribution in [3.05, 3.63) is 22.3 Å². The van der Waals surface area contributed by atoms with Crippen LogP contribution >= 0.6 is 23.2 Å². The van der Waals surface area contributed by atoms with Gasteiger partial charge in [-0.15, -0.1) is 0 Å². The molecule has 2 aliphatic rings. The van der Waals surface area contributed by atoms with E-state index >= 15 is 0 Å². The summed E-state index contributed by atoms with van der Waals surface area (Å²) in [6.45, 7) is 0. The van der Waals surface area contributed by atoms with Crippen molar-refractivity contribution >= 4 is 23.2 Å². The minimum absolute atomic E-state index is 0.242. The van der Waals surface area contributed by atoms with E-state index < -0.39 is 0 Å². The van der Waals surface area contributed by atoms with Crippen LogP contribution in [0.1, 0.15) is 32.1 Å². The standard InChI is InChI=1S/C13H16Cl2N2O/c14-11-4-5-12(17-13(11)15)18-10-6-8-2-1-3-9(7-10)16-8/h4-5,8-10,16H,1-3,6-7H2/t8-,9+,10-. The lowest BCUT2D eigenvalue weighted by Crippen LogP contribution is -2.51. The van der Waals surface area contributed by atoms with Gasteiger partial charge < -0.3 is 10.1 Å². The van der Waals surface area contributed by atoms with Crippen LogP contribution < -0.4 is 10.1 Å². The van der Waals surface area contributed by atoms with Gasteiger partial charge in [0.1, 0.15) is 6.10 Å². The van der Waals surface area contributed by atoms with Crippen molar-refractivity contribution in [3.63, 3.8) is 0 Å². The highest BCUT2D eigenvalue weighted by Gasteiger charge is 2.32. The number of piperidine rings is 2. The number of nitrogens with one attached hydrogen (secondary N) is 1. The zero-order chi connectivity index (χ0) is 12.5. The van der Waals surface area contributed by atoms with Gasteiger partial charge >= 0.3 is 0 Å². The van der Waals surface area contributed by atoms with Gasteiger partial charge in [0, 0.05) is 18.2 Å². The number of aromatic nitrogens is 1. The van der Waals surface area contributed by atoms with Crippen LogP contribution in [-0.2, 0) is 0 Å². The summed E-state index contributed by atoms with van der Waals surface area (Å²) in [5, 5.41) is 4.41. The van der Waals surface area contributed by atoms with Crippen molar-refractivity contribution in [3.8, 4) is 5.88 Å². The molecule has 0 aromatic carbocycles. The van der Waals surface area contributed by atoms with E-state index in [1.807, 2.05) is 0 Å². The molecule has 1 N–H and O–H groups in total. The van der Waals surface area contributed by atoms with E-state index in [1.54, 1.807) is 12.1 Å². The third-order valence-corrected chi connectivity index (χ3v) is 4.43. The second kappa shape index (κ2) is 5.24. The first kappa shape index (κ1) is 12.5. The Hall–Kier alpha value is -0.510. The first-order valence-electron chi connectivity index (χ1n) is 6.45. The lowest BCUT2D eigenvalue weighted by molar-refractivity contribution is 0.0890. The van der Waals surface area contributed by atoms with Crippen molar-refractivity contribution in [1.82, 2.24) is 10.3 Å². The number of hydrogen-bond acceptors (Lipinski definition) is 3.